The zero-order valence-corrected chi connectivity index (χ0v) is 7.66. The molecule has 0 saturated carbocycles. The van der Waals surface area contributed by atoms with Crippen molar-refractivity contribution in [2.75, 3.05) is 5.73 Å². The number of aromatic nitrogens is 4. The molecular weight excluding hydrogens is 196 g/mol. The molecule has 76 valence electrons. The highest BCUT2D eigenvalue weighted by Gasteiger charge is 2.08. The van der Waals surface area contributed by atoms with Crippen molar-refractivity contribution in [2.45, 2.75) is 0 Å². The van der Waals surface area contributed by atoms with Gasteiger partial charge in [-0.15, -0.1) is 0 Å². The van der Waals surface area contributed by atoms with Gasteiger partial charge in [0, 0.05) is 6.20 Å². The van der Waals surface area contributed by atoms with Crippen molar-refractivity contribution in [3.8, 4) is 5.82 Å². The summed E-state index contributed by atoms with van der Waals surface area (Å²) in [6, 6.07) is 0. The van der Waals surface area contributed by atoms with Crippen molar-refractivity contribution in [1.82, 2.24) is 19.7 Å². The molecule has 0 unspecified atom stereocenters. The normalized spacial score (nSPS) is 10.1. The Labute approximate surface area is 84.7 Å². The number of primary amides is 1. The van der Waals surface area contributed by atoms with Crippen molar-refractivity contribution in [2.24, 2.45) is 5.73 Å². The maximum Gasteiger partial charge on any atom is 0.251 e. The van der Waals surface area contributed by atoms with Gasteiger partial charge in [-0.25, -0.2) is 14.6 Å². The van der Waals surface area contributed by atoms with Crippen LogP contribution in [0.5, 0.6) is 0 Å². The number of amides is 1. The van der Waals surface area contributed by atoms with E-state index >= 15 is 0 Å². The highest BCUT2D eigenvalue weighted by Crippen LogP contribution is 2.11. The standard InChI is InChI=1S/C8H8N6O/c9-6-2-11-4-12-8(6)14-3-5(1-13-14)7(10)15/h1-4H,9H2,(H2,10,15). The lowest BCUT2D eigenvalue weighted by Gasteiger charge is -2.01. The molecule has 2 aromatic heterocycles. The molecule has 2 heterocycles. The molecular formula is C8H8N6O. The Morgan fingerprint density at radius 1 is 1.40 bits per heavy atom. The molecule has 15 heavy (non-hydrogen) atoms. The van der Waals surface area contributed by atoms with Gasteiger partial charge in [-0.1, -0.05) is 0 Å². The first kappa shape index (κ1) is 9.13. The van der Waals surface area contributed by atoms with Crippen molar-refractivity contribution < 1.29 is 4.79 Å². The Hall–Kier alpha value is -2.44. The molecule has 1 amide bonds. The number of anilines is 1. The first-order valence-corrected chi connectivity index (χ1v) is 4.09. The predicted octanol–water partition coefficient (Wildman–Crippen LogP) is -0.657. The number of nitrogens with two attached hydrogens (primary N) is 2. The molecule has 0 spiro atoms. The largest absolute Gasteiger partial charge is 0.394 e. The Morgan fingerprint density at radius 3 is 2.80 bits per heavy atom. The molecule has 2 aromatic rings. The predicted molar refractivity (Wildman–Crippen MR) is 52.1 cm³/mol. The molecule has 0 atom stereocenters. The smallest absolute Gasteiger partial charge is 0.251 e. The van der Waals surface area contributed by atoms with E-state index in [1.807, 2.05) is 0 Å². The minimum absolute atomic E-state index is 0.299. The van der Waals surface area contributed by atoms with E-state index in [-0.39, 0.29) is 0 Å². The fourth-order valence-electron chi connectivity index (χ4n) is 1.09. The molecule has 0 fully saturated rings. The van der Waals surface area contributed by atoms with Crippen LogP contribution in [-0.4, -0.2) is 25.7 Å². The summed E-state index contributed by atoms with van der Waals surface area (Å²) < 4.78 is 1.37. The molecule has 0 aromatic carbocycles. The lowest BCUT2D eigenvalue weighted by molar-refractivity contribution is 0.100. The fraction of sp³-hybridized carbons (Fsp3) is 0. The number of carbonyl (C=O) groups excluding carboxylic acids is 1. The van der Waals surface area contributed by atoms with Gasteiger partial charge in [0.15, 0.2) is 5.82 Å². The van der Waals surface area contributed by atoms with Gasteiger partial charge in [-0.2, -0.15) is 5.10 Å². The molecule has 4 N–H and O–H groups in total. The van der Waals surface area contributed by atoms with Gasteiger partial charge < -0.3 is 11.5 Å². The summed E-state index contributed by atoms with van der Waals surface area (Å²) in [6.07, 6.45) is 5.61. The lowest BCUT2D eigenvalue weighted by Crippen LogP contribution is -2.09. The summed E-state index contributed by atoms with van der Waals surface area (Å²) in [7, 11) is 0. The first-order chi connectivity index (χ1) is 7.18. The van der Waals surface area contributed by atoms with Gasteiger partial charge in [0.2, 0.25) is 0 Å². The topological polar surface area (TPSA) is 113 Å². The van der Waals surface area contributed by atoms with Crippen LogP contribution in [-0.2, 0) is 0 Å². The van der Waals surface area contributed by atoms with Crippen LogP contribution in [0.15, 0.2) is 24.9 Å². The maximum atomic E-state index is 10.8. The number of nitrogen functional groups attached to an aromatic ring is 1. The number of nitrogens with zero attached hydrogens (tertiary/aromatic N) is 4. The Kier molecular flexibility index (Phi) is 2.05. The maximum absolute atomic E-state index is 10.8. The molecule has 2 rings (SSSR count). The van der Waals surface area contributed by atoms with Crippen molar-refractivity contribution in [1.29, 1.82) is 0 Å². The second-order valence-electron chi connectivity index (χ2n) is 2.84. The Bertz CT molecular complexity index is 505. The Balaban J connectivity index is 2.46. The average Bonchev–Trinajstić information content (AvgIpc) is 2.67. The van der Waals surface area contributed by atoms with E-state index in [1.54, 1.807) is 0 Å². The molecule has 0 aliphatic carbocycles. The summed E-state index contributed by atoms with van der Waals surface area (Å²) in [5.74, 6) is -0.133. The van der Waals surface area contributed by atoms with Gasteiger partial charge in [0.25, 0.3) is 5.91 Å². The summed E-state index contributed by atoms with van der Waals surface area (Å²) in [6.45, 7) is 0. The monoisotopic (exact) mass is 204 g/mol. The first-order valence-electron chi connectivity index (χ1n) is 4.09. The molecule has 0 radical (unpaired) electrons. The van der Waals surface area contributed by atoms with E-state index in [0.717, 1.165) is 0 Å². The van der Waals surface area contributed by atoms with E-state index in [9.17, 15) is 4.79 Å². The van der Waals surface area contributed by atoms with Gasteiger partial charge in [-0.05, 0) is 0 Å². The summed E-state index contributed by atoms with van der Waals surface area (Å²) in [4.78, 5) is 18.5. The van der Waals surface area contributed by atoms with Crippen LogP contribution in [0.3, 0.4) is 0 Å². The SMILES string of the molecule is NC(=O)c1cnn(-c2ncncc2N)c1. The number of hydrogen-bond donors (Lipinski definition) is 2. The van der Waals surface area contributed by atoms with Crippen LogP contribution in [0.1, 0.15) is 10.4 Å². The quantitative estimate of drug-likeness (QED) is 0.674. The highest BCUT2D eigenvalue weighted by atomic mass is 16.1. The molecule has 0 aliphatic heterocycles. The van der Waals surface area contributed by atoms with E-state index < -0.39 is 5.91 Å². The lowest BCUT2D eigenvalue weighted by atomic mass is 10.3. The van der Waals surface area contributed by atoms with Gasteiger partial charge >= 0.3 is 0 Å². The Morgan fingerprint density at radius 2 is 2.20 bits per heavy atom. The van der Waals surface area contributed by atoms with Crippen LogP contribution in [0.4, 0.5) is 5.69 Å². The number of rotatable bonds is 2. The number of hydrogen-bond acceptors (Lipinski definition) is 5. The van der Waals surface area contributed by atoms with Crippen molar-refractivity contribution >= 4 is 11.6 Å². The van der Waals surface area contributed by atoms with Gasteiger partial charge in [0.05, 0.1) is 23.6 Å². The zero-order valence-electron chi connectivity index (χ0n) is 7.66. The zero-order chi connectivity index (χ0) is 10.8. The summed E-state index contributed by atoms with van der Waals surface area (Å²) >= 11 is 0. The van der Waals surface area contributed by atoms with Gasteiger partial charge in [0.1, 0.15) is 6.33 Å². The fourth-order valence-corrected chi connectivity index (χ4v) is 1.09. The van der Waals surface area contributed by atoms with Crippen LogP contribution in [0.2, 0.25) is 0 Å². The molecule has 7 heteroatoms. The van der Waals surface area contributed by atoms with Crippen molar-refractivity contribution in [3.05, 3.63) is 30.5 Å². The third-order valence-corrected chi connectivity index (χ3v) is 1.80. The third kappa shape index (κ3) is 1.62. The van der Waals surface area contributed by atoms with E-state index in [2.05, 4.69) is 15.1 Å². The van der Waals surface area contributed by atoms with Gasteiger partial charge in [-0.3, -0.25) is 4.79 Å². The number of carbonyl (C=O) groups is 1. The summed E-state index contributed by atoms with van der Waals surface area (Å²) in [5.41, 5.74) is 11.4. The van der Waals surface area contributed by atoms with Crippen LogP contribution in [0, 0.1) is 0 Å². The van der Waals surface area contributed by atoms with Crippen molar-refractivity contribution in [3.63, 3.8) is 0 Å². The summed E-state index contributed by atoms with van der Waals surface area (Å²) in [5, 5.41) is 3.91. The van der Waals surface area contributed by atoms with E-state index in [1.165, 1.54) is 29.6 Å². The van der Waals surface area contributed by atoms with Crippen LogP contribution < -0.4 is 11.5 Å². The molecule has 0 bridgehead atoms. The second-order valence-corrected chi connectivity index (χ2v) is 2.84. The minimum Gasteiger partial charge on any atom is -0.394 e. The van der Waals surface area contributed by atoms with Crippen LogP contribution in [0.25, 0.3) is 5.82 Å². The minimum atomic E-state index is -0.547. The second kappa shape index (κ2) is 3.37. The molecule has 0 aliphatic rings. The third-order valence-electron chi connectivity index (χ3n) is 1.80. The molecule has 0 saturated heterocycles. The van der Waals surface area contributed by atoms with E-state index in [4.69, 9.17) is 11.5 Å². The highest BCUT2D eigenvalue weighted by molar-refractivity contribution is 5.92. The average molecular weight is 204 g/mol. The molecule has 7 nitrogen and oxygen atoms in total. The van der Waals surface area contributed by atoms with E-state index in [0.29, 0.717) is 17.1 Å². The van der Waals surface area contributed by atoms with Crippen LogP contribution >= 0.6 is 0 Å².